The van der Waals surface area contributed by atoms with E-state index in [0.717, 1.165) is 24.4 Å². The fourth-order valence-corrected chi connectivity index (χ4v) is 2.90. The summed E-state index contributed by atoms with van der Waals surface area (Å²) in [5.41, 5.74) is 0.766. The van der Waals surface area contributed by atoms with Crippen LogP contribution in [-0.4, -0.2) is 23.4 Å². The van der Waals surface area contributed by atoms with Crippen LogP contribution >= 0.6 is 11.6 Å². The lowest BCUT2D eigenvalue weighted by molar-refractivity contribution is 0.0721. The molecule has 1 unspecified atom stereocenters. The van der Waals surface area contributed by atoms with Gasteiger partial charge in [0.2, 0.25) is 0 Å². The van der Waals surface area contributed by atoms with Crippen molar-refractivity contribution in [2.75, 3.05) is 6.54 Å². The van der Waals surface area contributed by atoms with E-state index in [1.807, 2.05) is 12.1 Å². The average Bonchev–Trinajstić information content (AvgIpc) is 3.07. The van der Waals surface area contributed by atoms with Crippen LogP contribution in [-0.2, 0) is 0 Å². The van der Waals surface area contributed by atoms with E-state index >= 15 is 0 Å². The average molecular weight is 250 g/mol. The van der Waals surface area contributed by atoms with E-state index in [9.17, 15) is 4.79 Å². The van der Waals surface area contributed by atoms with Crippen molar-refractivity contribution in [1.82, 2.24) is 4.90 Å². The van der Waals surface area contributed by atoms with Crippen LogP contribution in [0.4, 0.5) is 0 Å². The molecule has 1 saturated heterocycles. The molecule has 1 aliphatic carbocycles. The van der Waals surface area contributed by atoms with Crippen molar-refractivity contribution in [2.24, 2.45) is 5.92 Å². The van der Waals surface area contributed by atoms with Gasteiger partial charge in [-0.3, -0.25) is 4.79 Å². The van der Waals surface area contributed by atoms with Crippen molar-refractivity contribution in [3.8, 4) is 0 Å². The molecule has 17 heavy (non-hydrogen) atoms. The molecule has 2 nitrogen and oxygen atoms in total. The van der Waals surface area contributed by atoms with E-state index in [0.29, 0.717) is 11.1 Å². The SMILES string of the molecule is O=C(c1ccc(Cl)cc1)N1CCCC1C1CC1. The number of hydrogen-bond acceptors (Lipinski definition) is 1. The molecule has 2 fully saturated rings. The van der Waals surface area contributed by atoms with Crippen molar-refractivity contribution in [3.05, 3.63) is 34.9 Å². The molecule has 0 N–H and O–H groups in total. The highest BCUT2D eigenvalue weighted by atomic mass is 35.5. The van der Waals surface area contributed by atoms with Crippen LogP contribution in [0.15, 0.2) is 24.3 Å². The summed E-state index contributed by atoms with van der Waals surface area (Å²) in [6, 6.07) is 7.73. The Morgan fingerprint density at radius 3 is 2.53 bits per heavy atom. The topological polar surface area (TPSA) is 20.3 Å². The standard InChI is InChI=1S/C14H16ClNO/c15-12-7-5-11(6-8-12)14(17)16-9-1-2-13(16)10-3-4-10/h5-8,10,13H,1-4,9H2. The van der Waals surface area contributed by atoms with Crippen LogP contribution in [0.5, 0.6) is 0 Å². The zero-order chi connectivity index (χ0) is 11.8. The predicted octanol–water partition coefficient (Wildman–Crippen LogP) is 3.35. The second-order valence-corrected chi connectivity index (χ2v) is 5.49. The molecule has 0 aromatic heterocycles. The van der Waals surface area contributed by atoms with Crippen LogP contribution in [0.3, 0.4) is 0 Å². The maximum atomic E-state index is 12.4. The van der Waals surface area contributed by atoms with Gasteiger partial charge in [0.25, 0.3) is 5.91 Å². The summed E-state index contributed by atoms with van der Waals surface area (Å²) in [5, 5.41) is 0.682. The van der Waals surface area contributed by atoms with Crippen LogP contribution in [0, 0.1) is 5.92 Å². The minimum absolute atomic E-state index is 0.177. The van der Waals surface area contributed by atoms with Crippen LogP contribution < -0.4 is 0 Å². The lowest BCUT2D eigenvalue weighted by Gasteiger charge is -2.24. The van der Waals surface area contributed by atoms with Crippen LogP contribution in [0.2, 0.25) is 5.02 Å². The smallest absolute Gasteiger partial charge is 0.254 e. The lowest BCUT2D eigenvalue weighted by atomic mass is 10.1. The lowest BCUT2D eigenvalue weighted by Crippen LogP contribution is -2.36. The molecular formula is C14H16ClNO. The summed E-state index contributed by atoms with van der Waals surface area (Å²) < 4.78 is 0. The van der Waals surface area contributed by atoms with E-state index in [1.165, 1.54) is 19.3 Å². The fraction of sp³-hybridized carbons (Fsp3) is 0.500. The number of nitrogens with zero attached hydrogens (tertiary/aromatic N) is 1. The molecule has 1 aliphatic heterocycles. The number of rotatable bonds is 2. The van der Waals surface area contributed by atoms with Gasteiger partial charge in [0.05, 0.1) is 0 Å². The van der Waals surface area contributed by atoms with Gasteiger partial charge in [-0.1, -0.05) is 11.6 Å². The zero-order valence-electron chi connectivity index (χ0n) is 9.73. The quantitative estimate of drug-likeness (QED) is 0.787. The van der Waals surface area contributed by atoms with Crippen molar-refractivity contribution >= 4 is 17.5 Å². The van der Waals surface area contributed by atoms with Gasteiger partial charge < -0.3 is 4.90 Å². The van der Waals surface area contributed by atoms with Gasteiger partial charge in [0, 0.05) is 23.2 Å². The third kappa shape index (κ3) is 2.19. The van der Waals surface area contributed by atoms with Crippen molar-refractivity contribution in [3.63, 3.8) is 0 Å². The molecule has 3 rings (SSSR count). The number of halogens is 1. The summed E-state index contributed by atoms with van der Waals surface area (Å²) in [6.45, 7) is 0.919. The summed E-state index contributed by atoms with van der Waals surface area (Å²) >= 11 is 5.84. The Kier molecular flexibility index (Phi) is 2.83. The summed E-state index contributed by atoms with van der Waals surface area (Å²) in [6.07, 6.45) is 4.94. The molecule has 2 aliphatic rings. The Morgan fingerprint density at radius 2 is 1.88 bits per heavy atom. The van der Waals surface area contributed by atoms with Gasteiger partial charge in [0.15, 0.2) is 0 Å². The van der Waals surface area contributed by atoms with E-state index in [-0.39, 0.29) is 5.91 Å². The third-order valence-electron chi connectivity index (χ3n) is 3.82. The molecular weight excluding hydrogens is 234 g/mol. The minimum atomic E-state index is 0.177. The van der Waals surface area contributed by atoms with Gasteiger partial charge in [-0.15, -0.1) is 0 Å². The number of benzene rings is 1. The molecule has 1 atom stereocenters. The number of hydrogen-bond donors (Lipinski definition) is 0. The summed E-state index contributed by atoms with van der Waals surface area (Å²) in [4.78, 5) is 14.5. The first-order valence-electron chi connectivity index (χ1n) is 6.32. The molecule has 0 bridgehead atoms. The molecule has 90 valence electrons. The number of amides is 1. The van der Waals surface area contributed by atoms with E-state index in [1.54, 1.807) is 12.1 Å². The van der Waals surface area contributed by atoms with Gasteiger partial charge in [-0.2, -0.15) is 0 Å². The minimum Gasteiger partial charge on any atom is -0.335 e. The molecule has 0 radical (unpaired) electrons. The Hall–Kier alpha value is -1.02. The largest absolute Gasteiger partial charge is 0.335 e. The first-order chi connectivity index (χ1) is 8.25. The monoisotopic (exact) mass is 249 g/mol. The van der Waals surface area contributed by atoms with Gasteiger partial charge >= 0.3 is 0 Å². The van der Waals surface area contributed by atoms with Crippen LogP contribution in [0.1, 0.15) is 36.0 Å². The summed E-state index contributed by atoms with van der Waals surface area (Å²) in [5.74, 6) is 0.949. The second-order valence-electron chi connectivity index (χ2n) is 5.05. The molecule has 1 aromatic carbocycles. The highest BCUT2D eigenvalue weighted by Gasteiger charge is 2.40. The normalized spacial score (nSPS) is 24.1. The Bertz CT molecular complexity index is 424. The van der Waals surface area contributed by atoms with Crippen LogP contribution in [0.25, 0.3) is 0 Å². The number of carbonyl (C=O) groups is 1. The maximum Gasteiger partial charge on any atom is 0.254 e. The zero-order valence-corrected chi connectivity index (χ0v) is 10.5. The molecule has 0 spiro atoms. The molecule has 1 heterocycles. The maximum absolute atomic E-state index is 12.4. The second kappa shape index (κ2) is 4.34. The Balaban J connectivity index is 1.78. The highest BCUT2D eigenvalue weighted by Crippen LogP contribution is 2.40. The van der Waals surface area contributed by atoms with E-state index in [4.69, 9.17) is 11.6 Å². The van der Waals surface area contributed by atoms with Gasteiger partial charge in [0.1, 0.15) is 0 Å². The Labute approximate surface area is 107 Å². The number of likely N-dealkylation sites (tertiary alicyclic amines) is 1. The summed E-state index contributed by atoms with van der Waals surface area (Å²) in [7, 11) is 0. The van der Waals surface area contributed by atoms with E-state index < -0.39 is 0 Å². The molecule has 1 aromatic rings. The van der Waals surface area contributed by atoms with Gasteiger partial charge in [-0.25, -0.2) is 0 Å². The third-order valence-corrected chi connectivity index (χ3v) is 4.07. The molecule has 3 heteroatoms. The van der Waals surface area contributed by atoms with Crippen molar-refractivity contribution < 1.29 is 4.79 Å². The first-order valence-corrected chi connectivity index (χ1v) is 6.70. The van der Waals surface area contributed by atoms with Crippen molar-refractivity contribution in [1.29, 1.82) is 0 Å². The van der Waals surface area contributed by atoms with Crippen molar-refractivity contribution in [2.45, 2.75) is 31.7 Å². The highest BCUT2D eigenvalue weighted by molar-refractivity contribution is 6.30. The molecule has 1 saturated carbocycles. The Morgan fingerprint density at radius 1 is 1.18 bits per heavy atom. The predicted molar refractivity (Wildman–Crippen MR) is 68.2 cm³/mol. The first kappa shape index (κ1) is 11.1. The number of carbonyl (C=O) groups excluding carboxylic acids is 1. The van der Waals surface area contributed by atoms with Gasteiger partial charge in [-0.05, 0) is 55.9 Å². The fourth-order valence-electron chi connectivity index (χ4n) is 2.77. The van der Waals surface area contributed by atoms with E-state index in [2.05, 4.69) is 4.90 Å². The molecule has 1 amide bonds.